The van der Waals surface area contributed by atoms with Gasteiger partial charge in [-0.3, -0.25) is 0 Å². The maximum atomic E-state index is 6.12. The Morgan fingerprint density at radius 2 is 0.871 bits per heavy atom. The molecule has 0 unspecified atom stereocenters. The average molecular weight is 455 g/mol. The molecule has 0 radical (unpaired) electrons. The van der Waals surface area contributed by atoms with E-state index in [1.165, 1.54) is 0 Å². The van der Waals surface area contributed by atoms with Crippen LogP contribution >= 0.6 is 0 Å². The molecule has 2 aliphatic heterocycles. The van der Waals surface area contributed by atoms with Crippen molar-refractivity contribution in [2.24, 2.45) is 0 Å². The molecule has 2 saturated heterocycles. The van der Waals surface area contributed by atoms with E-state index in [4.69, 9.17) is 52.1 Å². The molecule has 10 atom stereocenters. The third-order valence-corrected chi connectivity index (χ3v) is 5.80. The topological polar surface area (TPSA) is 102 Å². The molecule has 11 heteroatoms. The van der Waals surface area contributed by atoms with Gasteiger partial charge in [0.2, 0.25) is 0 Å². The second-order valence-corrected chi connectivity index (χ2v) is 7.31. The molecule has 0 saturated carbocycles. The molecule has 0 aromatic rings. The molecular weight excluding hydrogens is 416 g/mol. The zero-order valence-corrected chi connectivity index (χ0v) is 19.7. The van der Waals surface area contributed by atoms with Gasteiger partial charge in [0.15, 0.2) is 12.6 Å². The first kappa shape index (κ1) is 26.8. The van der Waals surface area contributed by atoms with Gasteiger partial charge in [-0.2, -0.15) is 0 Å². The van der Waals surface area contributed by atoms with Crippen LogP contribution in [0, 0.1) is 0 Å². The highest BCUT2D eigenvalue weighted by molar-refractivity contribution is 4.94. The summed E-state index contributed by atoms with van der Waals surface area (Å²) >= 11 is 0. The van der Waals surface area contributed by atoms with Crippen molar-refractivity contribution in [3.05, 3.63) is 0 Å². The SMILES string of the molecule is COC[C@H]1O[C@@H](OC[C@H]2O[C@H](OC)[C@H](OC)[C@@H](OC)[C@@H]2OC)[C@H](OC)[C@@H](OC)[C@H]1OC. The number of hydrogen-bond donors (Lipinski definition) is 0. The molecular formula is C20H38O11. The summed E-state index contributed by atoms with van der Waals surface area (Å²) < 4.78 is 62.7. The first-order valence-corrected chi connectivity index (χ1v) is 10.2. The van der Waals surface area contributed by atoms with Crippen molar-refractivity contribution in [1.29, 1.82) is 0 Å². The predicted molar refractivity (Wildman–Crippen MR) is 107 cm³/mol. The number of hydrogen-bond acceptors (Lipinski definition) is 11. The van der Waals surface area contributed by atoms with Gasteiger partial charge in [0.1, 0.15) is 48.8 Å². The zero-order chi connectivity index (χ0) is 23.0. The van der Waals surface area contributed by atoms with Crippen LogP contribution in [0.3, 0.4) is 0 Å². The maximum absolute atomic E-state index is 6.12. The monoisotopic (exact) mass is 454 g/mol. The normalized spacial score (nSPS) is 41.4. The fourth-order valence-corrected chi connectivity index (χ4v) is 4.31. The zero-order valence-electron chi connectivity index (χ0n) is 19.7. The van der Waals surface area contributed by atoms with E-state index in [2.05, 4.69) is 0 Å². The van der Waals surface area contributed by atoms with Gasteiger partial charge in [0.05, 0.1) is 13.2 Å². The van der Waals surface area contributed by atoms with Crippen LogP contribution in [0.2, 0.25) is 0 Å². The van der Waals surface area contributed by atoms with E-state index in [-0.39, 0.29) is 12.7 Å². The van der Waals surface area contributed by atoms with Crippen LogP contribution in [0.5, 0.6) is 0 Å². The Balaban J connectivity index is 2.15. The summed E-state index contributed by atoms with van der Waals surface area (Å²) in [4.78, 5) is 0. The fraction of sp³-hybridized carbons (Fsp3) is 1.00. The molecule has 31 heavy (non-hydrogen) atoms. The first-order valence-electron chi connectivity index (χ1n) is 10.2. The minimum Gasteiger partial charge on any atom is -0.382 e. The maximum Gasteiger partial charge on any atom is 0.187 e. The van der Waals surface area contributed by atoms with Gasteiger partial charge in [0.25, 0.3) is 0 Å². The fourth-order valence-electron chi connectivity index (χ4n) is 4.31. The third kappa shape index (κ3) is 5.92. The van der Waals surface area contributed by atoms with Gasteiger partial charge in [-0.1, -0.05) is 0 Å². The van der Waals surface area contributed by atoms with Gasteiger partial charge in [-0.05, 0) is 0 Å². The summed E-state index contributed by atoms with van der Waals surface area (Å²) in [5, 5.41) is 0. The lowest BCUT2D eigenvalue weighted by atomic mass is 9.97. The Hall–Kier alpha value is -0.440. The molecule has 0 aromatic carbocycles. The lowest BCUT2D eigenvalue weighted by molar-refractivity contribution is -0.338. The highest BCUT2D eigenvalue weighted by Gasteiger charge is 2.50. The quantitative estimate of drug-likeness (QED) is 0.393. The van der Waals surface area contributed by atoms with Gasteiger partial charge in [-0.25, -0.2) is 0 Å². The number of methoxy groups -OCH3 is 8. The van der Waals surface area contributed by atoms with Crippen molar-refractivity contribution in [2.45, 2.75) is 61.4 Å². The Morgan fingerprint density at radius 3 is 1.29 bits per heavy atom. The summed E-state index contributed by atoms with van der Waals surface area (Å²) in [6.45, 7) is 0.440. The summed E-state index contributed by atoms with van der Waals surface area (Å²) in [6, 6.07) is 0. The second-order valence-electron chi connectivity index (χ2n) is 7.31. The highest BCUT2D eigenvalue weighted by atomic mass is 16.7. The van der Waals surface area contributed by atoms with Crippen LogP contribution in [-0.4, -0.2) is 132 Å². The third-order valence-electron chi connectivity index (χ3n) is 5.80. The minimum atomic E-state index is -0.746. The van der Waals surface area contributed by atoms with Crippen molar-refractivity contribution < 1.29 is 52.1 Å². The number of rotatable bonds is 12. The van der Waals surface area contributed by atoms with Crippen LogP contribution in [0.1, 0.15) is 0 Å². The second kappa shape index (κ2) is 13.3. The Kier molecular flexibility index (Phi) is 11.5. The molecule has 2 aliphatic rings. The minimum absolute atomic E-state index is 0.132. The summed E-state index contributed by atoms with van der Waals surface area (Å²) in [6.07, 6.45) is -4.97. The van der Waals surface area contributed by atoms with E-state index < -0.39 is 55.3 Å². The van der Waals surface area contributed by atoms with Gasteiger partial charge in [-0.15, -0.1) is 0 Å². The summed E-state index contributed by atoms with van der Waals surface area (Å²) in [7, 11) is 12.6. The number of ether oxygens (including phenoxy) is 11. The van der Waals surface area contributed by atoms with E-state index in [9.17, 15) is 0 Å². The van der Waals surface area contributed by atoms with E-state index in [0.29, 0.717) is 6.61 Å². The van der Waals surface area contributed by atoms with Crippen LogP contribution in [-0.2, 0) is 52.1 Å². The molecule has 0 amide bonds. The molecule has 11 nitrogen and oxygen atoms in total. The largest absolute Gasteiger partial charge is 0.382 e. The van der Waals surface area contributed by atoms with Crippen LogP contribution in [0.25, 0.3) is 0 Å². The Morgan fingerprint density at radius 1 is 0.452 bits per heavy atom. The van der Waals surface area contributed by atoms with Crippen molar-refractivity contribution in [2.75, 3.05) is 70.1 Å². The lowest BCUT2D eigenvalue weighted by Crippen LogP contribution is -2.63. The summed E-state index contributed by atoms with van der Waals surface area (Å²) in [5.74, 6) is 0. The Labute approximate surface area is 184 Å². The van der Waals surface area contributed by atoms with Crippen molar-refractivity contribution in [3.8, 4) is 0 Å². The molecule has 2 fully saturated rings. The molecule has 184 valence electrons. The van der Waals surface area contributed by atoms with Crippen molar-refractivity contribution in [3.63, 3.8) is 0 Å². The molecule has 2 heterocycles. The van der Waals surface area contributed by atoms with Crippen LogP contribution in [0.4, 0.5) is 0 Å². The standard InChI is InChI=1S/C20H38O11/c1-21-9-11-13(22-2)16(25-5)18(27-7)20(31-11)29-10-12-14(23-3)15(24-4)17(26-6)19(28-8)30-12/h11-20H,9-10H2,1-8H3/t11-,12-,13+,14-,15+,16+,17-,18-,19+,20-/m1/s1. The molecule has 0 aromatic heterocycles. The first-order chi connectivity index (χ1) is 15.0. The Bertz CT molecular complexity index is 496. The molecule has 2 rings (SSSR count). The van der Waals surface area contributed by atoms with Crippen molar-refractivity contribution in [1.82, 2.24) is 0 Å². The molecule has 0 spiro atoms. The van der Waals surface area contributed by atoms with E-state index in [1.54, 1.807) is 56.9 Å². The van der Waals surface area contributed by atoms with Gasteiger partial charge in [0, 0.05) is 56.9 Å². The smallest absolute Gasteiger partial charge is 0.187 e. The van der Waals surface area contributed by atoms with Gasteiger partial charge < -0.3 is 52.1 Å². The van der Waals surface area contributed by atoms with E-state index in [1.807, 2.05) is 0 Å². The van der Waals surface area contributed by atoms with E-state index >= 15 is 0 Å². The molecule has 0 N–H and O–H groups in total. The average Bonchev–Trinajstić information content (AvgIpc) is 2.80. The molecule has 0 aliphatic carbocycles. The van der Waals surface area contributed by atoms with Crippen molar-refractivity contribution >= 4 is 0 Å². The van der Waals surface area contributed by atoms with E-state index in [0.717, 1.165) is 0 Å². The predicted octanol–water partition coefficient (Wildman–Crippen LogP) is -0.164. The highest BCUT2D eigenvalue weighted by Crippen LogP contribution is 2.31. The molecule has 0 bridgehead atoms. The van der Waals surface area contributed by atoms with Gasteiger partial charge >= 0.3 is 0 Å². The van der Waals surface area contributed by atoms with Crippen LogP contribution in [0.15, 0.2) is 0 Å². The lowest BCUT2D eigenvalue weighted by Gasteiger charge is -2.46. The summed E-state index contributed by atoms with van der Waals surface area (Å²) in [5.41, 5.74) is 0. The van der Waals surface area contributed by atoms with Crippen LogP contribution < -0.4 is 0 Å².